The number of esters is 2. The van der Waals surface area contributed by atoms with Crippen LogP contribution < -0.4 is 30.3 Å². The van der Waals surface area contributed by atoms with E-state index in [1.54, 1.807) is 95.2 Å². The third kappa shape index (κ3) is 26.7. The summed E-state index contributed by atoms with van der Waals surface area (Å²) in [7, 11) is 0. The van der Waals surface area contributed by atoms with Gasteiger partial charge in [0.05, 0.1) is 26.1 Å². The van der Waals surface area contributed by atoms with E-state index >= 15 is 0 Å². The molecule has 2 heterocycles. The number of anilines is 2. The lowest BCUT2D eigenvalue weighted by molar-refractivity contribution is -0.158. The summed E-state index contributed by atoms with van der Waals surface area (Å²) in [5, 5.41) is 17.0. The normalized spacial score (nSPS) is 13.1. The standard InChI is InChI=1S/C30H38F2N2O6.C17H17F2NO.C13H23NO6.CH4.ClH/c1-29(2,3)39-26(35)18-24(33-28(37)40-30(4,5)6)27(36)34-14-13-20-16-22(11-12-25(20)34)38-15-7-8-19-9-10-21(31)17-23(19)32;18-14-4-3-12(16(19)11-14)2-1-9-21-15-5-6-17-13(10-15)7-8-20-17;1-12(2,3)19-9(15)7-8(10(16)17)14-11(18)20-13(4,5)6;;/h9-12,16-17,24H,7-8,13-15,18H2,1-6H3,(H,33,37);3-6,10-11,20H,1-2,7-9H2;8H,7H2,1-6H3,(H,14,18)(H,16,17);1H4;1H/t24-;;8-;;/m1.1../s1. The maximum absolute atomic E-state index is 13.8. The predicted molar refractivity (Wildman–Crippen MR) is 310 cm³/mol. The van der Waals surface area contributed by atoms with Crippen LogP contribution in [0.5, 0.6) is 11.5 Å². The van der Waals surface area contributed by atoms with Gasteiger partial charge in [-0.1, -0.05) is 19.6 Å². The average Bonchev–Trinajstić information content (AvgIpc) is 4.23. The molecule has 4 aromatic carbocycles. The summed E-state index contributed by atoms with van der Waals surface area (Å²) in [6, 6.07) is 16.0. The first-order chi connectivity index (χ1) is 37.6. The van der Waals surface area contributed by atoms with Crippen molar-refractivity contribution in [1.29, 1.82) is 0 Å². The van der Waals surface area contributed by atoms with Crippen LogP contribution in [0.4, 0.5) is 38.5 Å². The quantitative estimate of drug-likeness (QED) is 0.0315. The number of rotatable bonds is 18. The van der Waals surface area contributed by atoms with Crippen LogP contribution in [0.2, 0.25) is 0 Å². The molecule has 4 N–H and O–H groups in total. The van der Waals surface area contributed by atoms with Gasteiger partial charge >= 0.3 is 30.1 Å². The average molecular weight is 1190 g/mol. The molecule has 4 aromatic rings. The number of hydrogen-bond donors (Lipinski definition) is 4. The largest absolute Gasteiger partial charge is 0.494 e. The molecule has 2 atom stereocenters. The Morgan fingerprint density at radius 1 is 0.578 bits per heavy atom. The molecule has 0 spiro atoms. The molecule has 460 valence electrons. The highest BCUT2D eigenvalue weighted by atomic mass is 35.5. The van der Waals surface area contributed by atoms with Gasteiger partial charge in [-0.25, -0.2) is 31.9 Å². The molecule has 3 amide bonds. The van der Waals surface area contributed by atoms with Gasteiger partial charge < -0.3 is 54.4 Å². The summed E-state index contributed by atoms with van der Waals surface area (Å²) >= 11 is 0. The highest BCUT2D eigenvalue weighted by Crippen LogP contribution is 2.33. The van der Waals surface area contributed by atoms with Crippen LogP contribution in [0.1, 0.15) is 138 Å². The van der Waals surface area contributed by atoms with Crippen LogP contribution in [0, 0.1) is 23.3 Å². The van der Waals surface area contributed by atoms with Crippen LogP contribution >= 0.6 is 12.4 Å². The molecule has 17 nitrogen and oxygen atoms in total. The molecule has 0 radical (unpaired) electrons. The molecule has 0 aliphatic carbocycles. The molecule has 83 heavy (non-hydrogen) atoms. The minimum atomic E-state index is -1.39. The molecule has 0 saturated heterocycles. The number of carbonyl (C=O) groups is 6. The van der Waals surface area contributed by atoms with Gasteiger partial charge in [0, 0.05) is 36.6 Å². The lowest BCUT2D eigenvalue weighted by Crippen LogP contribution is -2.50. The second-order valence-corrected chi connectivity index (χ2v) is 23.2. The molecule has 6 rings (SSSR count). The summed E-state index contributed by atoms with van der Waals surface area (Å²) in [5.41, 5.74) is 1.94. The summed E-state index contributed by atoms with van der Waals surface area (Å²) in [5.74, 6) is -3.88. The number of hydrogen-bond acceptors (Lipinski definition) is 13. The van der Waals surface area contributed by atoms with E-state index in [0.717, 1.165) is 36.4 Å². The fourth-order valence-electron chi connectivity index (χ4n) is 8.01. The Labute approximate surface area is 491 Å². The Kier molecular flexibility index (Phi) is 27.6. The maximum Gasteiger partial charge on any atom is 0.408 e. The number of carboxylic acid groups (broad SMARTS) is 1. The van der Waals surface area contributed by atoms with Crippen molar-refractivity contribution in [3.8, 4) is 11.5 Å². The van der Waals surface area contributed by atoms with E-state index in [1.807, 2.05) is 24.3 Å². The van der Waals surface area contributed by atoms with Crippen molar-refractivity contribution in [3.05, 3.63) is 118 Å². The Hall–Kier alpha value is -7.29. The number of benzene rings is 4. The zero-order valence-corrected chi connectivity index (χ0v) is 49.6. The summed E-state index contributed by atoms with van der Waals surface area (Å²) < 4.78 is 85.3. The van der Waals surface area contributed by atoms with Crippen molar-refractivity contribution < 1.29 is 79.9 Å². The van der Waals surface area contributed by atoms with Gasteiger partial charge in [0.15, 0.2) is 0 Å². The Morgan fingerprint density at radius 2 is 1.01 bits per heavy atom. The minimum absolute atomic E-state index is 0. The maximum atomic E-state index is 13.8. The lowest BCUT2D eigenvalue weighted by atomic mass is 10.1. The second kappa shape index (κ2) is 32.0. The first kappa shape index (κ1) is 71.8. The molecule has 0 bridgehead atoms. The van der Waals surface area contributed by atoms with Gasteiger partial charge in [0.1, 0.15) is 69.3 Å². The van der Waals surface area contributed by atoms with Gasteiger partial charge in [-0.05, 0) is 192 Å². The number of aryl methyl sites for hydroxylation is 2. The summed E-state index contributed by atoms with van der Waals surface area (Å²) in [6.07, 6.45) is 1.24. The predicted octanol–water partition coefficient (Wildman–Crippen LogP) is 12.2. The zero-order valence-electron chi connectivity index (χ0n) is 48.8. The molecular weight excluding hydrogens is 1110 g/mol. The van der Waals surface area contributed by atoms with Crippen LogP contribution in [-0.2, 0) is 63.8 Å². The van der Waals surface area contributed by atoms with E-state index in [4.69, 9.17) is 33.5 Å². The van der Waals surface area contributed by atoms with Crippen molar-refractivity contribution in [1.82, 2.24) is 10.6 Å². The van der Waals surface area contributed by atoms with E-state index < -0.39 is 100 Å². The third-order valence-electron chi connectivity index (χ3n) is 11.3. The minimum Gasteiger partial charge on any atom is -0.494 e. The second-order valence-electron chi connectivity index (χ2n) is 23.2. The number of halogens is 5. The molecule has 0 saturated carbocycles. The third-order valence-corrected chi connectivity index (χ3v) is 11.3. The molecule has 22 heteroatoms. The van der Waals surface area contributed by atoms with E-state index in [-0.39, 0.29) is 26.3 Å². The first-order valence-corrected chi connectivity index (χ1v) is 26.7. The SMILES string of the molecule is C.CC(C)(C)OC(=O)C[C@@H](NC(=O)OC(C)(C)C)C(=O)N1CCc2cc(OCCCc3ccc(F)cc3F)ccc21.CC(C)(C)OC(=O)C[C@@H](NC(=O)OC(C)(C)C)C(=O)O.Cl.Fc1ccc(CCCOc2ccc3c(c2)CCN3)c(F)c1. The Bertz CT molecular complexity index is 2770. The van der Waals surface area contributed by atoms with Crippen LogP contribution in [0.25, 0.3) is 0 Å². The number of amides is 3. The van der Waals surface area contributed by atoms with Crippen LogP contribution in [-0.4, -0.2) is 102 Å². The number of aliphatic carboxylic acids is 1. The van der Waals surface area contributed by atoms with Gasteiger partial charge in [0.2, 0.25) is 5.91 Å². The van der Waals surface area contributed by atoms with E-state index in [9.17, 15) is 46.3 Å². The number of carboxylic acids is 1. The molecular formula is C61H83ClF4N4O13. The van der Waals surface area contributed by atoms with Crippen molar-refractivity contribution in [2.45, 2.75) is 176 Å². The van der Waals surface area contributed by atoms with Crippen LogP contribution in [0.15, 0.2) is 72.8 Å². The number of carbonyl (C=O) groups excluding carboxylic acids is 5. The first-order valence-electron chi connectivity index (χ1n) is 26.7. The number of alkyl carbamates (subject to hydrolysis) is 2. The van der Waals surface area contributed by atoms with Gasteiger partial charge in [-0.2, -0.15) is 0 Å². The summed E-state index contributed by atoms with van der Waals surface area (Å²) in [6.45, 7) is 22.4. The zero-order chi connectivity index (χ0) is 60.5. The molecule has 2 aliphatic heterocycles. The number of nitrogens with zero attached hydrogens (tertiary/aromatic N) is 1. The topological polar surface area (TPSA) is 217 Å². The van der Waals surface area contributed by atoms with E-state index in [1.165, 1.54) is 40.4 Å². The highest BCUT2D eigenvalue weighted by Gasteiger charge is 2.35. The van der Waals surface area contributed by atoms with E-state index in [2.05, 4.69) is 16.0 Å². The van der Waals surface area contributed by atoms with Gasteiger partial charge in [-0.3, -0.25) is 14.4 Å². The van der Waals surface area contributed by atoms with Crippen molar-refractivity contribution in [2.24, 2.45) is 0 Å². The van der Waals surface area contributed by atoms with E-state index in [0.29, 0.717) is 74.4 Å². The Balaban J connectivity index is 0.000000462. The van der Waals surface area contributed by atoms with Gasteiger partial charge in [-0.15, -0.1) is 12.4 Å². The molecule has 0 aromatic heterocycles. The molecule has 0 unspecified atom stereocenters. The molecule has 2 aliphatic rings. The lowest BCUT2D eigenvalue weighted by Gasteiger charge is -2.27. The fourth-order valence-corrected chi connectivity index (χ4v) is 8.01. The number of fused-ring (bicyclic) bond motifs is 2. The van der Waals surface area contributed by atoms with Gasteiger partial charge in [0.25, 0.3) is 0 Å². The smallest absolute Gasteiger partial charge is 0.408 e. The monoisotopic (exact) mass is 1190 g/mol. The van der Waals surface area contributed by atoms with Crippen molar-refractivity contribution in [3.63, 3.8) is 0 Å². The van der Waals surface area contributed by atoms with Crippen molar-refractivity contribution in [2.75, 3.05) is 36.5 Å². The number of ether oxygens (including phenoxy) is 6. The van der Waals surface area contributed by atoms with Crippen molar-refractivity contribution >= 4 is 59.8 Å². The van der Waals surface area contributed by atoms with Crippen LogP contribution in [0.3, 0.4) is 0 Å². The summed E-state index contributed by atoms with van der Waals surface area (Å²) in [4.78, 5) is 74.2. The molecule has 0 fully saturated rings. The number of nitrogens with one attached hydrogen (secondary N) is 3. The highest BCUT2D eigenvalue weighted by molar-refractivity contribution is 6.02. The fraction of sp³-hybridized carbons (Fsp3) is 0.508. The Morgan fingerprint density at radius 3 is 1.46 bits per heavy atom.